The topological polar surface area (TPSA) is 29.5 Å². The minimum atomic E-state index is -0.326. The van der Waals surface area contributed by atoms with Gasteiger partial charge in [-0.25, -0.2) is 5.06 Å². The molecule has 1 aromatic rings. The van der Waals surface area contributed by atoms with Crippen molar-refractivity contribution in [1.82, 2.24) is 5.06 Å². The number of amides is 1. The molecule has 0 atom stereocenters. The fraction of sp³-hybridized carbons (Fsp3) is 0.200. The summed E-state index contributed by atoms with van der Waals surface area (Å²) >= 11 is 5.74. The number of halogens is 1. The smallest absolute Gasteiger partial charge is 0.274 e. The molecular formula is C10H10ClNO2. The Balaban J connectivity index is 3.06. The molecule has 4 heteroatoms. The Morgan fingerprint density at radius 3 is 2.79 bits per heavy atom. The fourth-order valence-corrected chi connectivity index (χ4v) is 1.14. The zero-order chi connectivity index (χ0) is 10.7. The van der Waals surface area contributed by atoms with Crippen LogP contribution in [0.4, 0.5) is 0 Å². The minimum Gasteiger partial charge on any atom is -0.274 e. The van der Waals surface area contributed by atoms with Crippen molar-refractivity contribution in [3.8, 4) is 0 Å². The van der Waals surface area contributed by atoms with E-state index in [1.54, 1.807) is 12.1 Å². The minimum absolute atomic E-state index is 0.326. The first-order valence-corrected chi connectivity index (χ1v) is 4.31. The summed E-state index contributed by atoms with van der Waals surface area (Å²) in [5.41, 5.74) is 0.713. The lowest BCUT2D eigenvalue weighted by molar-refractivity contribution is -0.0757. The van der Waals surface area contributed by atoms with Crippen LogP contribution in [0, 0.1) is 6.92 Å². The Hall–Kier alpha value is -1.06. The molecule has 0 heterocycles. The normalized spacial score (nSPS) is 10.0. The van der Waals surface area contributed by atoms with Crippen LogP contribution in [0.2, 0.25) is 5.02 Å². The number of rotatable bonds is 2. The van der Waals surface area contributed by atoms with Crippen LogP contribution in [0.1, 0.15) is 15.9 Å². The Morgan fingerprint density at radius 1 is 1.57 bits per heavy atom. The summed E-state index contributed by atoms with van der Waals surface area (Å²) < 4.78 is 0. The van der Waals surface area contributed by atoms with E-state index < -0.39 is 0 Å². The van der Waals surface area contributed by atoms with E-state index in [1.807, 2.05) is 0 Å². The van der Waals surface area contributed by atoms with Gasteiger partial charge in [-0.1, -0.05) is 17.7 Å². The van der Waals surface area contributed by atoms with Crippen LogP contribution in [-0.4, -0.2) is 25.1 Å². The van der Waals surface area contributed by atoms with E-state index in [4.69, 9.17) is 23.4 Å². The molecule has 0 saturated heterocycles. The van der Waals surface area contributed by atoms with Gasteiger partial charge in [0.05, 0.1) is 7.11 Å². The predicted molar refractivity (Wildman–Crippen MR) is 54.0 cm³/mol. The van der Waals surface area contributed by atoms with Gasteiger partial charge in [0.2, 0.25) is 0 Å². The number of benzene rings is 1. The van der Waals surface area contributed by atoms with Crippen LogP contribution >= 0.6 is 11.6 Å². The van der Waals surface area contributed by atoms with Gasteiger partial charge in [-0.3, -0.25) is 9.63 Å². The highest BCUT2D eigenvalue weighted by atomic mass is 35.5. The molecule has 1 amide bonds. The van der Waals surface area contributed by atoms with Crippen molar-refractivity contribution in [2.75, 3.05) is 14.2 Å². The molecule has 2 radical (unpaired) electrons. The zero-order valence-corrected chi connectivity index (χ0v) is 8.71. The van der Waals surface area contributed by atoms with E-state index in [0.717, 1.165) is 5.06 Å². The summed E-state index contributed by atoms with van der Waals surface area (Å²) in [5, 5.41) is 1.55. The number of carbonyl (C=O) groups excluding carboxylic acids is 1. The summed E-state index contributed by atoms with van der Waals surface area (Å²) in [6, 6.07) is 4.72. The Morgan fingerprint density at radius 2 is 2.21 bits per heavy atom. The monoisotopic (exact) mass is 211 g/mol. The lowest BCUT2D eigenvalue weighted by atomic mass is 10.1. The Bertz CT molecular complexity index is 352. The van der Waals surface area contributed by atoms with Crippen molar-refractivity contribution in [2.45, 2.75) is 0 Å². The van der Waals surface area contributed by atoms with Crippen LogP contribution in [0.15, 0.2) is 18.2 Å². The van der Waals surface area contributed by atoms with E-state index in [0.29, 0.717) is 16.1 Å². The van der Waals surface area contributed by atoms with Crippen LogP contribution < -0.4 is 0 Å². The lowest BCUT2D eigenvalue weighted by Gasteiger charge is -2.14. The highest BCUT2D eigenvalue weighted by molar-refractivity contribution is 6.31. The molecule has 74 valence electrons. The van der Waals surface area contributed by atoms with Crippen LogP contribution in [-0.2, 0) is 4.84 Å². The molecule has 3 nitrogen and oxygen atoms in total. The predicted octanol–water partition coefficient (Wildman–Crippen LogP) is 2.03. The fourth-order valence-electron chi connectivity index (χ4n) is 0.966. The first-order valence-electron chi connectivity index (χ1n) is 3.93. The standard InChI is InChI=1S/C10H10ClNO2/c1-7-4-5-8(11)6-9(7)10(13)12(2)14-3/h1,4-6H,2-3H3. The van der Waals surface area contributed by atoms with Crippen molar-refractivity contribution in [3.05, 3.63) is 41.3 Å². The van der Waals surface area contributed by atoms with Gasteiger partial charge in [0, 0.05) is 17.6 Å². The van der Waals surface area contributed by atoms with Crippen LogP contribution in [0.3, 0.4) is 0 Å². The zero-order valence-electron chi connectivity index (χ0n) is 7.95. The van der Waals surface area contributed by atoms with Gasteiger partial charge in [-0.15, -0.1) is 0 Å². The molecule has 0 saturated carbocycles. The Kier molecular flexibility index (Phi) is 3.49. The van der Waals surface area contributed by atoms with E-state index in [1.165, 1.54) is 20.2 Å². The third-order valence-corrected chi connectivity index (χ3v) is 2.04. The molecule has 0 N–H and O–H groups in total. The van der Waals surface area contributed by atoms with Crippen molar-refractivity contribution in [2.24, 2.45) is 0 Å². The highest BCUT2D eigenvalue weighted by Crippen LogP contribution is 2.16. The maximum Gasteiger partial charge on any atom is 0.277 e. The van der Waals surface area contributed by atoms with Gasteiger partial charge in [0.25, 0.3) is 5.91 Å². The first-order chi connectivity index (χ1) is 6.56. The van der Waals surface area contributed by atoms with Crippen molar-refractivity contribution >= 4 is 17.5 Å². The van der Waals surface area contributed by atoms with Crippen molar-refractivity contribution < 1.29 is 9.63 Å². The molecule has 0 spiro atoms. The molecule has 0 aliphatic heterocycles. The highest BCUT2D eigenvalue weighted by Gasteiger charge is 2.13. The molecule has 14 heavy (non-hydrogen) atoms. The molecular weight excluding hydrogens is 202 g/mol. The average molecular weight is 212 g/mol. The maximum absolute atomic E-state index is 11.6. The SMILES string of the molecule is [CH]c1ccc(Cl)cc1C(=O)N(C)OC. The van der Waals surface area contributed by atoms with Gasteiger partial charge >= 0.3 is 0 Å². The summed E-state index contributed by atoms with van der Waals surface area (Å²) in [6.07, 6.45) is 0. The van der Waals surface area contributed by atoms with Crippen LogP contribution in [0.5, 0.6) is 0 Å². The second-order valence-corrected chi connectivity index (χ2v) is 3.15. The quantitative estimate of drug-likeness (QED) is 0.701. The van der Waals surface area contributed by atoms with E-state index in [-0.39, 0.29) is 5.91 Å². The van der Waals surface area contributed by atoms with E-state index in [9.17, 15) is 4.79 Å². The molecule has 0 aliphatic rings. The molecule has 0 aliphatic carbocycles. The summed E-state index contributed by atoms with van der Waals surface area (Å²) in [7, 11) is 2.90. The molecule has 0 bridgehead atoms. The van der Waals surface area contributed by atoms with Gasteiger partial charge in [-0.05, 0) is 24.6 Å². The maximum atomic E-state index is 11.6. The number of nitrogens with zero attached hydrogens (tertiary/aromatic N) is 1. The number of hydrogen-bond donors (Lipinski definition) is 0. The van der Waals surface area contributed by atoms with Gasteiger partial charge in [0.15, 0.2) is 0 Å². The molecule has 0 aromatic heterocycles. The van der Waals surface area contributed by atoms with Gasteiger partial charge in [0.1, 0.15) is 0 Å². The third kappa shape index (κ3) is 2.25. The number of hydrogen-bond acceptors (Lipinski definition) is 2. The second-order valence-electron chi connectivity index (χ2n) is 2.72. The molecule has 1 rings (SSSR count). The summed E-state index contributed by atoms with van der Waals surface area (Å²) in [6.45, 7) is 5.62. The third-order valence-electron chi connectivity index (χ3n) is 1.81. The molecule has 0 fully saturated rings. The molecule has 1 aromatic carbocycles. The largest absolute Gasteiger partial charge is 0.277 e. The van der Waals surface area contributed by atoms with Crippen LogP contribution in [0.25, 0.3) is 0 Å². The Labute approximate surface area is 88.2 Å². The average Bonchev–Trinajstić information content (AvgIpc) is 2.19. The second kappa shape index (κ2) is 4.44. The summed E-state index contributed by atoms with van der Waals surface area (Å²) in [5.74, 6) is -0.326. The van der Waals surface area contributed by atoms with Crippen molar-refractivity contribution in [1.29, 1.82) is 0 Å². The van der Waals surface area contributed by atoms with Crippen molar-refractivity contribution in [3.63, 3.8) is 0 Å². The van der Waals surface area contributed by atoms with E-state index in [2.05, 4.69) is 0 Å². The number of hydroxylamine groups is 2. The number of carbonyl (C=O) groups is 1. The first kappa shape index (κ1) is 11.0. The molecule has 0 unspecified atom stereocenters. The summed E-state index contributed by atoms with van der Waals surface area (Å²) in [4.78, 5) is 16.4. The van der Waals surface area contributed by atoms with Gasteiger partial charge in [-0.2, -0.15) is 0 Å². The van der Waals surface area contributed by atoms with E-state index >= 15 is 0 Å². The lowest BCUT2D eigenvalue weighted by Crippen LogP contribution is -2.26. The van der Waals surface area contributed by atoms with Gasteiger partial charge < -0.3 is 0 Å².